The number of nitrogens with zero attached hydrogens (tertiary/aromatic N) is 2. The molecule has 0 saturated carbocycles. The standard InChI is InChI=1S/C16H9FN2O3S2/c17-10-1-2-12-9(5-10)6-13(24-12)15(21)22-8-11-7-14(20)19-3-4-23-16(19)18-11/h1-7H,8H2. The van der Waals surface area contributed by atoms with Gasteiger partial charge in [0.2, 0.25) is 0 Å². The second-order valence-corrected chi connectivity index (χ2v) is 6.97. The lowest BCUT2D eigenvalue weighted by Crippen LogP contribution is -2.14. The lowest BCUT2D eigenvalue weighted by atomic mass is 10.2. The van der Waals surface area contributed by atoms with Crippen molar-refractivity contribution in [2.45, 2.75) is 6.61 Å². The highest BCUT2D eigenvalue weighted by Gasteiger charge is 2.13. The highest BCUT2D eigenvalue weighted by Crippen LogP contribution is 2.27. The van der Waals surface area contributed by atoms with Crippen molar-refractivity contribution in [2.24, 2.45) is 0 Å². The molecule has 0 fully saturated rings. The summed E-state index contributed by atoms with van der Waals surface area (Å²) in [4.78, 5) is 29.2. The van der Waals surface area contributed by atoms with Crippen molar-refractivity contribution < 1.29 is 13.9 Å². The van der Waals surface area contributed by atoms with Gasteiger partial charge in [0.15, 0.2) is 4.96 Å². The van der Waals surface area contributed by atoms with Gasteiger partial charge in [-0.15, -0.1) is 22.7 Å². The second kappa shape index (κ2) is 5.81. The quantitative estimate of drug-likeness (QED) is 0.525. The zero-order valence-corrected chi connectivity index (χ0v) is 13.7. The van der Waals surface area contributed by atoms with Crippen molar-refractivity contribution in [3.8, 4) is 0 Å². The molecule has 0 spiro atoms. The van der Waals surface area contributed by atoms with Crippen molar-refractivity contribution in [1.82, 2.24) is 9.38 Å². The van der Waals surface area contributed by atoms with Gasteiger partial charge in [0.1, 0.15) is 17.3 Å². The Morgan fingerprint density at radius 1 is 1.29 bits per heavy atom. The van der Waals surface area contributed by atoms with Gasteiger partial charge in [-0.25, -0.2) is 14.2 Å². The fourth-order valence-corrected chi connectivity index (χ4v) is 3.96. The van der Waals surface area contributed by atoms with E-state index in [4.69, 9.17) is 4.74 Å². The Hall–Kier alpha value is -2.58. The van der Waals surface area contributed by atoms with Crippen LogP contribution >= 0.6 is 22.7 Å². The topological polar surface area (TPSA) is 60.7 Å². The van der Waals surface area contributed by atoms with Crippen LogP contribution < -0.4 is 5.56 Å². The molecular formula is C16H9FN2O3S2. The van der Waals surface area contributed by atoms with Crippen LogP contribution in [0, 0.1) is 5.82 Å². The number of aromatic nitrogens is 2. The monoisotopic (exact) mass is 360 g/mol. The number of fused-ring (bicyclic) bond motifs is 2. The van der Waals surface area contributed by atoms with E-state index in [1.165, 1.54) is 45.3 Å². The zero-order chi connectivity index (χ0) is 16.7. The van der Waals surface area contributed by atoms with E-state index in [1.54, 1.807) is 23.7 Å². The molecule has 0 aliphatic rings. The Morgan fingerprint density at radius 3 is 3.04 bits per heavy atom. The number of hydrogen-bond donors (Lipinski definition) is 0. The molecule has 4 rings (SSSR count). The molecule has 0 bridgehead atoms. The van der Waals surface area contributed by atoms with Gasteiger partial charge in [-0.3, -0.25) is 9.20 Å². The maximum absolute atomic E-state index is 13.2. The Labute approximate surface area is 142 Å². The molecule has 0 unspecified atom stereocenters. The molecule has 0 amide bonds. The Morgan fingerprint density at radius 2 is 2.17 bits per heavy atom. The Balaban J connectivity index is 1.55. The minimum Gasteiger partial charge on any atom is -0.455 e. The molecule has 120 valence electrons. The van der Waals surface area contributed by atoms with Crippen LogP contribution in [-0.2, 0) is 11.3 Å². The number of halogens is 1. The number of thiazole rings is 1. The number of benzene rings is 1. The van der Waals surface area contributed by atoms with E-state index in [0.29, 0.717) is 20.9 Å². The summed E-state index contributed by atoms with van der Waals surface area (Å²) in [7, 11) is 0. The van der Waals surface area contributed by atoms with Gasteiger partial charge < -0.3 is 4.74 Å². The van der Waals surface area contributed by atoms with E-state index in [-0.39, 0.29) is 18.0 Å². The molecule has 0 aliphatic heterocycles. The third kappa shape index (κ3) is 2.70. The molecule has 3 heterocycles. The molecule has 4 aromatic rings. The average molecular weight is 360 g/mol. The molecule has 5 nitrogen and oxygen atoms in total. The first-order chi connectivity index (χ1) is 11.6. The first-order valence-electron chi connectivity index (χ1n) is 6.92. The van der Waals surface area contributed by atoms with Crippen LogP contribution in [0.25, 0.3) is 15.0 Å². The number of rotatable bonds is 3. The number of esters is 1. The SMILES string of the molecule is O=C(OCc1cc(=O)n2ccsc2n1)c1cc2cc(F)ccc2s1. The maximum Gasteiger partial charge on any atom is 0.348 e. The second-order valence-electron chi connectivity index (χ2n) is 5.01. The third-order valence-corrected chi connectivity index (χ3v) is 5.24. The number of thiophene rings is 1. The predicted molar refractivity (Wildman–Crippen MR) is 90.2 cm³/mol. The summed E-state index contributed by atoms with van der Waals surface area (Å²) >= 11 is 2.56. The first-order valence-corrected chi connectivity index (χ1v) is 8.62. The number of carbonyl (C=O) groups excluding carboxylic acids is 1. The van der Waals surface area contributed by atoms with Crippen LogP contribution in [0.5, 0.6) is 0 Å². The van der Waals surface area contributed by atoms with E-state index >= 15 is 0 Å². The largest absolute Gasteiger partial charge is 0.455 e. The van der Waals surface area contributed by atoms with Crippen molar-refractivity contribution >= 4 is 43.7 Å². The van der Waals surface area contributed by atoms with Gasteiger partial charge >= 0.3 is 5.97 Å². The molecule has 0 atom stereocenters. The summed E-state index contributed by atoms with van der Waals surface area (Å²) in [6.45, 7) is -0.0922. The summed E-state index contributed by atoms with van der Waals surface area (Å²) in [5, 5.41) is 2.42. The average Bonchev–Trinajstić information content (AvgIpc) is 3.18. The van der Waals surface area contributed by atoms with Gasteiger partial charge in [-0.05, 0) is 29.7 Å². The molecule has 1 aromatic carbocycles. The minimum atomic E-state index is -0.523. The molecular weight excluding hydrogens is 351 g/mol. The van der Waals surface area contributed by atoms with E-state index in [2.05, 4.69) is 4.98 Å². The van der Waals surface area contributed by atoms with Crippen LogP contribution in [0.1, 0.15) is 15.4 Å². The van der Waals surface area contributed by atoms with Crippen LogP contribution in [0.15, 0.2) is 46.7 Å². The van der Waals surface area contributed by atoms with Crippen LogP contribution in [0.4, 0.5) is 4.39 Å². The predicted octanol–water partition coefficient (Wildman–Crippen LogP) is 3.47. The summed E-state index contributed by atoms with van der Waals surface area (Å²) in [6.07, 6.45) is 1.64. The summed E-state index contributed by atoms with van der Waals surface area (Å²) < 4.78 is 20.7. The summed E-state index contributed by atoms with van der Waals surface area (Å²) in [6, 6.07) is 7.28. The number of carbonyl (C=O) groups is 1. The van der Waals surface area contributed by atoms with Gasteiger partial charge in [-0.1, -0.05) is 0 Å². The van der Waals surface area contributed by atoms with Gasteiger partial charge in [0, 0.05) is 22.3 Å². The first kappa shape index (κ1) is 15.0. The smallest absolute Gasteiger partial charge is 0.348 e. The minimum absolute atomic E-state index is 0.0922. The van der Waals surface area contributed by atoms with Gasteiger partial charge in [0.05, 0.1) is 5.69 Å². The molecule has 0 radical (unpaired) electrons. The molecule has 0 saturated heterocycles. The van der Waals surface area contributed by atoms with E-state index in [0.717, 1.165) is 4.70 Å². The zero-order valence-electron chi connectivity index (χ0n) is 12.1. The molecule has 8 heteroatoms. The van der Waals surface area contributed by atoms with E-state index < -0.39 is 5.97 Å². The maximum atomic E-state index is 13.2. The van der Waals surface area contributed by atoms with Gasteiger partial charge in [-0.2, -0.15) is 0 Å². The van der Waals surface area contributed by atoms with Crippen molar-refractivity contribution in [3.05, 3.63) is 68.7 Å². The van der Waals surface area contributed by atoms with Crippen LogP contribution in [0.2, 0.25) is 0 Å². The number of hydrogen-bond acceptors (Lipinski definition) is 6. The van der Waals surface area contributed by atoms with Crippen LogP contribution in [0.3, 0.4) is 0 Å². The number of ether oxygens (including phenoxy) is 1. The molecule has 0 N–H and O–H groups in total. The van der Waals surface area contributed by atoms with Gasteiger partial charge in [0.25, 0.3) is 5.56 Å². The lowest BCUT2D eigenvalue weighted by molar-refractivity contribution is 0.0473. The van der Waals surface area contributed by atoms with Crippen molar-refractivity contribution in [2.75, 3.05) is 0 Å². The normalized spacial score (nSPS) is 11.2. The van der Waals surface area contributed by atoms with Crippen molar-refractivity contribution in [3.63, 3.8) is 0 Å². The summed E-state index contributed by atoms with van der Waals surface area (Å²) in [5.41, 5.74) is 0.174. The Kier molecular flexibility index (Phi) is 3.62. The third-order valence-electron chi connectivity index (χ3n) is 3.39. The fourth-order valence-electron chi connectivity index (χ4n) is 2.29. The summed E-state index contributed by atoms with van der Waals surface area (Å²) in [5.74, 6) is -0.876. The van der Waals surface area contributed by atoms with Crippen molar-refractivity contribution in [1.29, 1.82) is 0 Å². The molecule has 24 heavy (non-hydrogen) atoms. The Bertz CT molecular complexity index is 1130. The molecule has 0 aliphatic carbocycles. The molecule has 3 aromatic heterocycles. The van der Waals surface area contributed by atoms with E-state index in [1.807, 2.05) is 0 Å². The fraction of sp³-hybridized carbons (Fsp3) is 0.0625. The highest BCUT2D eigenvalue weighted by atomic mass is 32.1. The lowest BCUT2D eigenvalue weighted by Gasteiger charge is -2.02. The van der Waals surface area contributed by atoms with E-state index in [9.17, 15) is 14.0 Å². The van der Waals surface area contributed by atoms with Crippen LogP contribution in [-0.4, -0.2) is 15.4 Å². The highest BCUT2D eigenvalue weighted by molar-refractivity contribution is 7.20.